The molecule has 1 aliphatic heterocycles. The van der Waals surface area contributed by atoms with Crippen LogP contribution in [0.3, 0.4) is 0 Å². The Balaban J connectivity index is 2.10. The average Bonchev–Trinajstić information content (AvgIpc) is 3.13. The van der Waals surface area contributed by atoms with Crippen molar-refractivity contribution in [2.24, 2.45) is 5.92 Å². The van der Waals surface area contributed by atoms with Crippen molar-refractivity contribution in [3.05, 3.63) is 17.6 Å². The number of aryl methyl sites for hydroxylation is 1. The summed E-state index contributed by atoms with van der Waals surface area (Å²) in [5.41, 5.74) is 0. The Bertz CT molecular complexity index is 532. The number of rotatable bonds is 6. The quantitative estimate of drug-likeness (QED) is 0.586. The van der Waals surface area contributed by atoms with E-state index < -0.39 is 18.0 Å². The molecular formula is C15H20O6S. The van der Waals surface area contributed by atoms with E-state index in [4.69, 9.17) is 18.6 Å². The molecule has 2 atom stereocenters. The van der Waals surface area contributed by atoms with Gasteiger partial charge < -0.3 is 18.6 Å². The summed E-state index contributed by atoms with van der Waals surface area (Å²) in [6.07, 6.45) is 1.59. The molecule has 22 heavy (non-hydrogen) atoms. The fourth-order valence-electron chi connectivity index (χ4n) is 2.29. The Labute approximate surface area is 133 Å². The first-order valence-electron chi connectivity index (χ1n) is 7.16. The number of ether oxygens (including phenoxy) is 3. The average molecular weight is 328 g/mol. The van der Waals surface area contributed by atoms with Crippen molar-refractivity contribution < 1.29 is 28.2 Å². The highest BCUT2D eigenvalue weighted by Crippen LogP contribution is 2.26. The molecule has 1 saturated heterocycles. The molecular weight excluding hydrogens is 308 g/mol. The molecule has 1 aromatic heterocycles. The molecule has 1 aliphatic rings. The van der Waals surface area contributed by atoms with Gasteiger partial charge in [-0.15, -0.1) is 11.8 Å². The number of thioether (sulfide) groups is 1. The molecule has 0 aliphatic carbocycles. The van der Waals surface area contributed by atoms with Crippen LogP contribution in [0.4, 0.5) is 0 Å². The maximum Gasteiger partial charge on any atom is 0.375 e. The van der Waals surface area contributed by atoms with Crippen LogP contribution >= 0.6 is 11.8 Å². The first kappa shape index (κ1) is 16.9. The summed E-state index contributed by atoms with van der Waals surface area (Å²) >= 11 is 1.48. The fourth-order valence-corrected chi connectivity index (χ4v) is 2.85. The van der Waals surface area contributed by atoms with E-state index >= 15 is 0 Å². The van der Waals surface area contributed by atoms with Gasteiger partial charge in [0.05, 0.1) is 13.2 Å². The van der Waals surface area contributed by atoms with Crippen LogP contribution in [-0.2, 0) is 19.0 Å². The van der Waals surface area contributed by atoms with Gasteiger partial charge in [-0.05, 0) is 26.5 Å². The van der Waals surface area contributed by atoms with E-state index in [1.165, 1.54) is 11.8 Å². The van der Waals surface area contributed by atoms with Gasteiger partial charge in [-0.1, -0.05) is 0 Å². The van der Waals surface area contributed by atoms with E-state index in [1.807, 2.05) is 6.26 Å². The van der Waals surface area contributed by atoms with Gasteiger partial charge in [0.1, 0.15) is 5.76 Å². The molecule has 6 nitrogen and oxygen atoms in total. The Kier molecular flexibility index (Phi) is 5.90. The van der Waals surface area contributed by atoms with Crippen LogP contribution in [0.5, 0.6) is 0 Å². The molecule has 0 radical (unpaired) electrons. The van der Waals surface area contributed by atoms with Crippen LogP contribution in [-0.4, -0.2) is 44.1 Å². The summed E-state index contributed by atoms with van der Waals surface area (Å²) in [4.78, 5) is 25.1. The number of carbonyl (C=O) groups is 2. The third-order valence-electron chi connectivity index (χ3n) is 3.44. The van der Waals surface area contributed by atoms with E-state index in [0.29, 0.717) is 25.4 Å². The van der Waals surface area contributed by atoms with Crippen LogP contribution in [0.2, 0.25) is 0 Å². The zero-order valence-corrected chi connectivity index (χ0v) is 13.7. The van der Waals surface area contributed by atoms with Gasteiger partial charge in [0, 0.05) is 23.5 Å². The van der Waals surface area contributed by atoms with Crippen LogP contribution in [0.15, 0.2) is 15.4 Å². The van der Waals surface area contributed by atoms with Crippen LogP contribution in [0.1, 0.15) is 29.7 Å². The molecule has 7 heteroatoms. The number of esters is 2. The monoisotopic (exact) mass is 328 g/mol. The molecule has 0 spiro atoms. The maximum atomic E-state index is 12.2. The normalized spacial score (nSPS) is 19.0. The zero-order valence-electron chi connectivity index (χ0n) is 12.9. The third-order valence-corrected chi connectivity index (χ3v) is 4.28. The van der Waals surface area contributed by atoms with Crippen LogP contribution in [0, 0.1) is 12.8 Å². The van der Waals surface area contributed by atoms with Gasteiger partial charge >= 0.3 is 11.9 Å². The van der Waals surface area contributed by atoms with Gasteiger partial charge in [-0.25, -0.2) is 9.59 Å². The predicted octanol–water partition coefficient (Wildman–Crippen LogP) is 2.43. The van der Waals surface area contributed by atoms with E-state index in [1.54, 1.807) is 19.9 Å². The minimum absolute atomic E-state index is 0.0927. The summed E-state index contributed by atoms with van der Waals surface area (Å²) in [5.74, 6) is -0.640. The number of furan rings is 1. The third kappa shape index (κ3) is 3.84. The second-order valence-corrected chi connectivity index (χ2v) is 5.78. The molecule has 0 bridgehead atoms. The lowest BCUT2D eigenvalue weighted by atomic mass is 10.0. The first-order valence-corrected chi connectivity index (χ1v) is 8.39. The molecule has 0 N–H and O–H groups in total. The first-order chi connectivity index (χ1) is 10.6. The topological polar surface area (TPSA) is 75.0 Å². The molecule has 0 unspecified atom stereocenters. The Morgan fingerprint density at radius 1 is 1.50 bits per heavy atom. The maximum absolute atomic E-state index is 12.2. The van der Waals surface area contributed by atoms with Gasteiger partial charge in [0.15, 0.2) is 0 Å². The van der Waals surface area contributed by atoms with E-state index in [-0.39, 0.29) is 18.3 Å². The van der Waals surface area contributed by atoms with Gasteiger partial charge in [0.2, 0.25) is 11.9 Å². The highest BCUT2D eigenvalue weighted by molar-refractivity contribution is 7.98. The van der Waals surface area contributed by atoms with Crippen LogP contribution in [0.25, 0.3) is 0 Å². The minimum Gasteiger partial charge on any atom is -0.463 e. The smallest absolute Gasteiger partial charge is 0.375 e. The molecule has 2 heterocycles. The minimum atomic E-state index is -0.960. The summed E-state index contributed by atoms with van der Waals surface area (Å²) in [7, 11) is 0. The van der Waals surface area contributed by atoms with Gasteiger partial charge in [-0.2, -0.15) is 0 Å². The van der Waals surface area contributed by atoms with Gasteiger partial charge in [-0.3, -0.25) is 0 Å². The highest BCUT2D eigenvalue weighted by Gasteiger charge is 2.36. The second kappa shape index (κ2) is 7.69. The summed E-state index contributed by atoms with van der Waals surface area (Å²) in [6.45, 7) is 4.65. The molecule has 0 aromatic carbocycles. The van der Waals surface area contributed by atoms with Crippen molar-refractivity contribution >= 4 is 23.7 Å². The lowest BCUT2D eigenvalue weighted by Crippen LogP contribution is -2.36. The Morgan fingerprint density at radius 3 is 2.82 bits per heavy atom. The standard InChI is InChI=1S/C15H20O6S/c1-4-19-15(17)13(10-5-6-18-8-10)21-14(16)11-7-12(22-3)9(2)20-11/h7,10,13H,4-6,8H2,1-3H3/t10-,13-/m0/s1. The highest BCUT2D eigenvalue weighted by atomic mass is 32.2. The molecule has 1 fully saturated rings. The zero-order chi connectivity index (χ0) is 16.1. The lowest BCUT2D eigenvalue weighted by molar-refractivity contribution is -0.156. The number of hydrogen-bond acceptors (Lipinski definition) is 7. The second-order valence-electron chi connectivity index (χ2n) is 4.94. The lowest BCUT2D eigenvalue weighted by Gasteiger charge is -2.20. The Morgan fingerprint density at radius 2 is 2.27 bits per heavy atom. The molecule has 0 amide bonds. The molecule has 1 aromatic rings. The van der Waals surface area contributed by atoms with E-state index in [9.17, 15) is 9.59 Å². The van der Waals surface area contributed by atoms with Crippen molar-refractivity contribution in [3.63, 3.8) is 0 Å². The van der Waals surface area contributed by atoms with Crippen molar-refractivity contribution in [2.45, 2.75) is 31.3 Å². The summed E-state index contributed by atoms with van der Waals surface area (Å²) in [6, 6.07) is 1.62. The van der Waals surface area contributed by atoms with Crippen LogP contribution < -0.4 is 0 Å². The van der Waals surface area contributed by atoms with E-state index in [2.05, 4.69) is 0 Å². The SMILES string of the molecule is CCOC(=O)[C@@H](OC(=O)c1cc(SC)c(C)o1)[C@H]1CCOC1. The predicted molar refractivity (Wildman–Crippen MR) is 80.0 cm³/mol. The summed E-state index contributed by atoms with van der Waals surface area (Å²) < 4.78 is 21.0. The number of hydrogen-bond donors (Lipinski definition) is 0. The fraction of sp³-hybridized carbons (Fsp3) is 0.600. The molecule has 2 rings (SSSR count). The van der Waals surface area contributed by atoms with Crippen molar-refractivity contribution in [3.8, 4) is 0 Å². The largest absolute Gasteiger partial charge is 0.463 e. The van der Waals surface area contributed by atoms with Gasteiger partial charge in [0.25, 0.3) is 0 Å². The molecule has 0 saturated carbocycles. The Hall–Kier alpha value is -1.47. The summed E-state index contributed by atoms with van der Waals surface area (Å²) in [5, 5.41) is 0. The molecule has 122 valence electrons. The number of carbonyl (C=O) groups excluding carboxylic acids is 2. The van der Waals surface area contributed by atoms with E-state index in [0.717, 1.165) is 4.90 Å². The van der Waals surface area contributed by atoms with Crippen molar-refractivity contribution in [1.82, 2.24) is 0 Å². The van der Waals surface area contributed by atoms with Crippen molar-refractivity contribution in [1.29, 1.82) is 0 Å². The van der Waals surface area contributed by atoms with Crippen molar-refractivity contribution in [2.75, 3.05) is 26.1 Å².